The molecule has 0 bridgehead atoms. The first kappa shape index (κ1) is 15.2. The minimum Gasteiger partial charge on any atom is -0.289 e. The Morgan fingerprint density at radius 2 is 1.65 bits per heavy atom. The van der Waals surface area contributed by atoms with Crippen molar-refractivity contribution in [3.63, 3.8) is 0 Å². The molecule has 116 valence electrons. The van der Waals surface area contributed by atoms with Crippen LogP contribution in [0.1, 0.15) is 42.3 Å². The molecule has 0 aliphatic heterocycles. The molecular formula is C20H20N2O. The molecular weight excluding hydrogens is 284 g/mol. The molecule has 1 aromatic heterocycles. The zero-order valence-corrected chi connectivity index (χ0v) is 13.7. The van der Waals surface area contributed by atoms with Gasteiger partial charge in [-0.15, -0.1) is 0 Å². The lowest BCUT2D eigenvalue weighted by molar-refractivity contribution is 0.103. The molecule has 0 saturated heterocycles. The number of hydrogen-bond donors (Lipinski definition) is 0. The summed E-state index contributed by atoms with van der Waals surface area (Å²) in [6, 6.07) is 17.3. The molecule has 0 unspecified atom stereocenters. The van der Waals surface area contributed by atoms with Crippen molar-refractivity contribution < 1.29 is 4.79 Å². The SMILES string of the molecule is CC(C)(C)c1ccc(C(=O)c2ccccc2-n2cccn2)cc1. The smallest absolute Gasteiger partial charge is 0.195 e. The second-order valence-electron chi connectivity index (χ2n) is 6.62. The Morgan fingerprint density at radius 1 is 0.957 bits per heavy atom. The summed E-state index contributed by atoms with van der Waals surface area (Å²) >= 11 is 0. The van der Waals surface area contributed by atoms with Gasteiger partial charge in [0, 0.05) is 23.5 Å². The fourth-order valence-corrected chi connectivity index (χ4v) is 2.55. The molecule has 0 amide bonds. The molecule has 1 heterocycles. The van der Waals surface area contributed by atoms with Gasteiger partial charge < -0.3 is 0 Å². The standard InChI is InChI=1S/C20H20N2O/c1-20(2,3)16-11-9-15(10-12-16)19(23)17-7-4-5-8-18(17)22-14-6-13-21-22/h4-14H,1-3H3. The first-order valence-electron chi connectivity index (χ1n) is 7.71. The maximum absolute atomic E-state index is 12.9. The van der Waals surface area contributed by atoms with E-state index >= 15 is 0 Å². The summed E-state index contributed by atoms with van der Waals surface area (Å²) in [7, 11) is 0. The lowest BCUT2D eigenvalue weighted by Crippen LogP contribution is -2.12. The second kappa shape index (κ2) is 5.84. The van der Waals surface area contributed by atoms with Gasteiger partial charge in [0.05, 0.1) is 5.69 Å². The molecule has 3 nitrogen and oxygen atoms in total. The molecule has 3 aromatic rings. The maximum atomic E-state index is 12.9. The van der Waals surface area contributed by atoms with E-state index in [9.17, 15) is 4.79 Å². The summed E-state index contributed by atoms with van der Waals surface area (Å²) in [6.45, 7) is 6.49. The van der Waals surface area contributed by atoms with Crippen molar-refractivity contribution in [3.05, 3.63) is 83.7 Å². The van der Waals surface area contributed by atoms with E-state index in [-0.39, 0.29) is 11.2 Å². The van der Waals surface area contributed by atoms with Gasteiger partial charge in [0.25, 0.3) is 0 Å². The van der Waals surface area contributed by atoms with Crippen molar-refractivity contribution in [1.82, 2.24) is 9.78 Å². The van der Waals surface area contributed by atoms with Gasteiger partial charge in [-0.1, -0.05) is 57.2 Å². The molecule has 23 heavy (non-hydrogen) atoms. The zero-order chi connectivity index (χ0) is 16.4. The summed E-state index contributed by atoms with van der Waals surface area (Å²) in [4.78, 5) is 12.9. The number of benzene rings is 2. The van der Waals surface area contributed by atoms with Crippen molar-refractivity contribution in [1.29, 1.82) is 0 Å². The normalized spacial score (nSPS) is 11.4. The number of carbonyl (C=O) groups excluding carboxylic acids is 1. The van der Waals surface area contributed by atoms with Crippen molar-refractivity contribution in [2.24, 2.45) is 0 Å². The fourth-order valence-electron chi connectivity index (χ4n) is 2.55. The number of ketones is 1. The van der Waals surface area contributed by atoms with E-state index in [0.717, 1.165) is 5.69 Å². The zero-order valence-electron chi connectivity index (χ0n) is 13.7. The first-order chi connectivity index (χ1) is 11.0. The van der Waals surface area contributed by atoms with Gasteiger partial charge in [0.15, 0.2) is 5.78 Å². The Morgan fingerprint density at radius 3 is 2.26 bits per heavy atom. The summed E-state index contributed by atoms with van der Waals surface area (Å²) in [5.41, 5.74) is 3.43. The molecule has 0 aliphatic rings. The number of para-hydroxylation sites is 1. The van der Waals surface area contributed by atoms with Crippen LogP contribution >= 0.6 is 0 Å². The molecule has 0 saturated carbocycles. The highest BCUT2D eigenvalue weighted by atomic mass is 16.1. The lowest BCUT2D eigenvalue weighted by atomic mass is 9.86. The van der Waals surface area contributed by atoms with Gasteiger partial charge >= 0.3 is 0 Å². The Hall–Kier alpha value is -2.68. The third kappa shape index (κ3) is 3.09. The quantitative estimate of drug-likeness (QED) is 0.672. The van der Waals surface area contributed by atoms with Gasteiger partial charge in [-0.05, 0) is 29.2 Å². The highest BCUT2D eigenvalue weighted by Gasteiger charge is 2.17. The van der Waals surface area contributed by atoms with Crippen LogP contribution in [0.5, 0.6) is 0 Å². The number of nitrogens with zero attached hydrogens (tertiary/aromatic N) is 2. The van der Waals surface area contributed by atoms with Crippen molar-refractivity contribution in [2.75, 3.05) is 0 Å². The van der Waals surface area contributed by atoms with Crippen LogP contribution in [0.3, 0.4) is 0 Å². The van der Waals surface area contributed by atoms with Crippen molar-refractivity contribution in [3.8, 4) is 5.69 Å². The molecule has 3 heteroatoms. The van der Waals surface area contributed by atoms with Crippen LogP contribution in [0, 0.1) is 0 Å². The maximum Gasteiger partial charge on any atom is 0.195 e. The van der Waals surface area contributed by atoms with E-state index in [2.05, 4.69) is 25.9 Å². The first-order valence-corrected chi connectivity index (χ1v) is 7.71. The average Bonchev–Trinajstić information content (AvgIpc) is 3.08. The predicted octanol–water partition coefficient (Wildman–Crippen LogP) is 4.40. The predicted molar refractivity (Wildman–Crippen MR) is 92.1 cm³/mol. The van der Waals surface area contributed by atoms with Crippen LogP contribution < -0.4 is 0 Å². The van der Waals surface area contributed by atoms with Crippen LogP contribution in [0.15, 0.2) is 67.0 Å². The Labute approximate surface area is 136 Å². The molecule has 2 aromatic carbocycles. The monoisotopic (exact) mass is 304 g/mol. The Kier molecular flexibility index (Phi) is 3.87. The number of hydrogen-bond acceptors (Lipinski definition) is 2. The van der Waals surface area contributed by atoms with E-state index in [0.29, 0.717) is 11.1 Å². The highest BCUT2D eigenvalue weighted by Crippen LogP contribution is 2.24. The Bertz CT molecular complexity index is 810. The van der Waals surface area contributed by atoms with Crippen molar-refractivity contribution in [2.45, 2.75) is 26.2 Å². The highest BCUT2D eigenvalue weighted by molar-refractivity contribution is 6.11. The van der Waals surface area contributed by atoms with Gasteiger partial charge in [0.2, 0.25) is 0 Å². The summed E-state index contributed by atoms with van der Waals surface area (Å²) < 4.78 is 1.72. The minimum atomic E-state index is 0.0107. The van der Waals surface area contributed by atoms with E-state index in [4.69, 9.17) is 0 Å². The minimum absolute atomic E-state index is 0.0107. The summed E-state index contributed by atoms with van der Waals surface area (Å²) in [6.07, 6.45) is 3.55. The largest absolute Gasteiger partial charge is 0.289 e. The van der Waals surface area contributed by atoms with E-state index in [1.807, 2.05) is 60.8 Å². The summed E-state index contributed by atoms with van der Waals surface area (Å²) in [5, 5.41) is 4.23. The molecule has 0 atom stereocenters. The fraction of sp³-hybridized carbons (Fsp3) is 0.200. The molecule has 0 spiro atoms. The van der Waals surface area contributed by atoms with E-state index < -0.39 is 0 Å². The third-order valence-electron chi connectivity index (χ3n) is 3.91. The second-order valence-corrected chi connectivity index (χ2v) is 6.62. The van der Waals surface area contributed by atoms with Crippen molar-refractivity contribution >= 4 is 5.78 Å². The van der Waals surface area contributed by atoms with Gasteiger partial charge in [-0.2, -0.15) is 5.10 Å². The van der Waals surface area contributed by atoms with E-state index in [1.54, 1.807) is 10.9 Å². The molecule has 0 radical (unpaired) electrons. The van der Waals surface area contributed by atoms with Crippen LogP contribution in [-0.4, -0.2) is 15.6 Å². The lowest BCUT2D eigenvalue weighted by Gasteiger charge is -2.19. The van der Waals surface area contributed by atoms with Gasteiger partial charge in [0.1, 0.15) is 0 Å². The van der Waals surface area contributed by atoms with E-state index in [1.165, 1.54) is 5.56 Å². The van der Waals surface area contributed by atoms with Crippen LogP contribution in [0.4, 0.5) is 0 Å². The summed E-state index contributed by atoms with van der Waals surface area (Å²) in [5.74, 6) is 0.0107. The van der Waals surface area contributed by atoms with Crippen LogP contribution in [0.25, 0.3) is 5.69 Å². The molecule has 3 rings (SSSR count). The third-order valence-corrected chi connectivity index (χ3v) is 3.91. The molecule has 0 aliphatic carbocycles. The number of rotatable bonds is 3. The average molecular weight is 304 g/mol. The number of aromatic nitrogens is 2. The van der Waals surface area contributed by atoms with Gasteiger partial charge in [-0.25, -0.2) is 4.68 Å². The van der Waals surface area contributed by atoms with Gasteiger partial charge in [-0.3, -0.25) is 4.79 Å². The number of carbonyl (C=O) groups is 1. The molecule has 0 fully saturated rings. The van der Waals surface area contributed by atoms with Crippen LogP contribution in [0.2, 0.25) is 0 Å². The Balaban J connectivity index is 1.99. The van der Waals surface area contributed by atoms with Crippen LogP contribution in [-0.2, 0) is 5.41 Å². The molecule has 0 N–H and O–H groups in total. The topological polar surface area (TPSA) is 34.9 Å².